The Morgan fingerprint density at radius 3 is 2.65 bits per heavy atom. The highest BCUT2D eigenvalue weighted by Gasteiger charge is 2.23. The lowest BCUT2D eigenvalue weighted by molar-refractivity contribution is -0.120. The van der Waals surface area contributed by atoms with Gasteiger partial charge in [0.15, 0.2) is 0 Å². The predicted molar refractivity (Wildman–Crippen MR) is 68.6 cm³/mol. The van der Waals surface area contributed by atoms with Gasteiger partial charge in [-0.1, -0.05) is 37.3 Å². The van der Waals surface area contributed by atoms with Gasteiger partial charge in [0, 0.05) is 12.1 Å². The molecule has 1 aliphatic carbocycles. The van der Waals surface area contributed by atoms with E-state index in [1.807, 2.05) is 18.2 Å². The van der Waals surface area contributed by atoms with Crippen LogP contribution in [0.3, 0.4) is 0 Å². The molecule has 0 radical (unpaired) electrons. The summed E-state index contributed by atoms with van der Waals surface area (Å²) in [6, 6.07) is 11.0. The van der Waals surface area contributed by atoms with Crippen LogP contribution in [0.2, 0.25) is 0 Å². The summed E-state index contributed by atoms with van der Waals surface area (Å²) in [5.74, 6) is 0.113. The summed E-state index contributed by atoms with van der Waals surface area (Å²) in [6.45, 7) is 2.54. The van der Waals surface area contributed by atoms with Crippen LogP contribution in [0, 0.1) is 0 Å². The molecule has 1 aromatic carbocycles. The van der Waals surface area contributed by atoms with Crippen LogP contribution in [0.4, 0.5) is 0 Å². The van der Waals surface area contributed by atoms with Gasteiger partial charge in [0.25, 0.3) is 0 Å². The van der Waals surface area contributed by atoms with Gasteiger partial charge in [-0.15, -0.1) is 0 Å². The quantitative estimate of drug-likeness (QED) is 0.787. The zero-order valence-corrected chi connectivity index (χ0v) is 10.3. The van der Waals surface area contributed by atoms with Crippen molar-refractivity contribution >= 4 is 5.91 Å². The SMILES string of the molecule is CCC(NCC(=O)NC1CC1)c1ccccc1. The van der Waals surface area contributed by atoms with E-state index >= 15 is 0 Å². The van der Waals surface area contributed by atoms with Crippen molar-refractivity contribution < 1.29 is 4.79 Å². The molecule has 1 saturated carbocycles. The van der Waals surface area contributed by atoms with E-state index in [1.165, 1.54) is 5.56 Å². The Balaban J connectivity index is 1.80. The smallest absolute Gasteiger partial charge is 0.234 e. The summed E-state index contributed by atoms with van der Waals surface area (Å²) in [5.41, 5.74) is 1.24. The number of hydrogen-bond acceptors (Lipinski definition) is 2. The summed E-state index contributed by atoms with van der Waals surface area (Å²) in [7, 11) is 0. The minimum Gasteiger partial charge on any atom is -0.352 e. The second kappa shape index (κ2) is 5.82. The standard InChI is InChI=1S/C14H20N2O/c1-2-13(11-6-4-3-5-7-11)15-10-14(17)16-12-8-9-12/h3-7,12-13,15H,2,8-10H2,1H3,(H,16,17). The monoisotopic (exact) mass is 232 g/mol. The Labute approximate surface area is 103 Å². The molecule has 1 fully saturated rings. The highest BCUT2D eigenvalue weighted by atomic mass is 16.2. The maximum absolute atomic E-state index is 11.6. The molecule has 2 N–H and O–H groups in total. The first kappa shape index (κ1) is 12.1. The van der Waals surface area contributed by atoms with E-state index in [0.29, 0.717) is 12.6 Å². The fourth-order valence-electron chi connectivity index (χ4n) is 1.91. The molecule has 92 valence electrons. The zero-order chi connectivity index (χ0) is 12.1. The van der Waals surface area contributed by atoms with Gasteiger partial charge in [0.1, 0.15) is 0 Å². The number of rotatable bonds is 6. The van der Waals surface area contributed by atoms with Gasteiger partial charge in [0.05, 0.1) is 6.54 Å². The van der Waals surface area contributed by atoms with Gasteiger partial charge < -0.3 is 10.6 Å². The van der Waals surface area contributed by atoms with Gasteiger partial charge >= 0.3 is 0 Å². The van der Waals surface area contributed by atoms with E-state index in [-0.39, 0.29) is 11.9 Å². The van der Waals surface area contributed by atoms with Crippen LogP contribution in [-0.2, 0) is 4.79 Å². The van der Waals surface area contributed by atoms with Gasteiger partial charge in [-0.05, 0) is 24.8 Å². The van der Waals surface area contributed by atoms with Crippen molar-refractivity contribution in [3.63, 3.8) is 0 Å². The molecule has 1 unspecified atom stereocenters. The molecule has 3 nitrogen and oxygen atoms in total. The van der Waals surface area contributed by atoms with Crippen LogP contribution >= 0.6 is 0 Å². The van der Waals surface area contributed by atoms with E-state index < -0.39 is 0 Å². The van der Waals surface area contributed by atoms with E-state index in [9.17, 15) is 4.79 Å². The molecular formula is C14H20N2O. The molecular weight excluding hydrogens is 212 g/mol. The van der Waals surface area contributed by atoms with Crippen molar-refractivity contribution in [1.29, 1.82) is 0 Å². The maximum atomic E-state index is 11.6. The molecule has 0 bridgehead atoms. The Morgan fingerprint density at radius 1 is 1.35 bits per heavy atom. The van der Waals surface area contributed by atoms with Crippen molar-refractivity contribution in [1.82, 2.24) is 10.6 Å². The molecule has 0 aromatic heterocycles. The van der Waals surface area contributed by atoms with Crippen molar-refractivity contribution in [2.24, 2.45) is 0 Å². The summed E-state index contributed by atoms with van der Waals surface area (Å²) >= 11 is 0. The normalized spacial score (nSPS) is 16.5. The zero-order valence-electron chi connectivity index (χ0n) is 10.3. The van der Waals surface area contributed by atoms with E-state index in [1.54, 1.807) is 0 Å². The topological polar surface area (TPSA) is 41.1 Å². The molecule has 1 amide bonds. The summed E-state index contributed by atoms with van der Waals surface area (Å²) in [6.07, 6.45) is 3.27. The molecule has 0 aliphatic heterocycles. The number of hydrogen-bond donors (Lipinski definition) is 2. The molecule has 0 saturated heterocycles. The molecule has 17 heavy (non-hydrogen) atoms. The Kier molecular flexibility index (Phi) is 4.15. The molecule has 0 heterocycles. The third kappa shape index (κ3) is 3.86. The summed E-state index contributed by atoms with van der Waals surface area (Å²) < 4.78 is 0. The first-order valence-electron chi connectivity index (χ1n) is 6.37. The van der Waals surface area contributed by atoms with Gasteiger partial charge in [-0.2, -0.15) is 0 Å². The van der Waals surface area contributed by atoms with Crippen LogP contribution in [0.15, 0.2) is 30.3 Å². The third-order valence-electron chi connectivity index (χ3n) is 3.06. The lowest BCUT2D eigenvalue weighted by Gasteiger charge is -2.17. The number of amides is 1. The van der Waals surface area contributed by atoms with Crippen LogP contribution in [0.1, 0.15) is 37.8 Å². The average Bonchev–Trinajstić information content (AvgIpc) is 3.15. The first-order valence-corrected chi connectivity index (χ1v) is 6.37. The van der Waals surface area contributed by atoms with Crippen LogP contribution < -0.4 is 10.6 Å². The molecule has 1 atom stereocenters. The summed E-state index contributed by atoms with van der Waals surface area (Å²) in [4.78, 5) is 11.6. The second-order valence-electron chi connectivity index (χ2n) is 4.59. The highest BCUT2D eigenvalue weighted by molar-refractivity contribution is 5.78. The number of nitrogens with one attached hydrogen (secondary N) is 2. The van der Waals surface area contributed by atoms with Crippen LogP contribution in [-0.4, -0.2) is 18.5 Å². The molecule has 1 aromatic rings. The molecule has 0 spiro atoms. The lowest BCUT2D eigenvalue weighted by atomic mass is 10.0. The van der Waals surface area contributed by atoms with Crippen LogP contribution in [0.25, 0.3) is 0 Å². The number of carbonyl (C=O) groups is 1. The van der Waals surface area contributed by atoms with Crippen molar-refractivity contribution in [3.05, 3.63) is 35.9 Å². The van der Waals surface area contributed by atoms with Crippen molar-refractivity contribution in [2.75, 3.05) is 6.54 Å². The van der Waals surface area contributed by atoms with Gasteiger partial charge in [0.2, 0.25) is 5.91 Å². The molecule has 1 aliphatic rings. The number of benzene rings is 1. The summed E-state index contributed by atoms with van der Waals surface area (Å²) in [5, 5.41) is 6.29. The van der Waals surface area contributed by atoms with Gasteiger partial charge in [-0.3, -0.25) is 4.79 Å². The minimum atomic E-state index is 0.113. The highest BCUT2D eigenvalue weighted by Crippen LogP contribution is 2.18. The Bertz CT molecular complexity index is 360. The molecule has 2 rings (SSSR count). The predicted octanol–water partition coefficient (Wildman–Crippen LogP) is 2.01. The fourth-order valence-corrected chi connectivity index (χ4v) is 1.91. The van der Waals surface area contributed by atoms with E-state index in [2.05, 4.69) is 29.7 Å². The van der Waals surface area contributed by atoms with Crippen molar-refractivity contribution in [3.8, 4) is 0 Å². The Hall–Kier alpha value is -1.35. The third-order valence-corrected chi connectivity index (χ3v) is 3.06. The van der Waals surface area contributed by atoms with E-state index in [4.69, 9.17) is 0 Å². The largest absolute Gasteiger partial charge is 0.352 e. The first-order chi connectivity index (χ1) is 8.29. The van der Waals surface area contributed by atoms with Crippen LogP contribution in [0.5, 0.6) is 0 Å². The molecule has 3 heteroatoms. The lowest BCUT2D eigenvalue weighted by Crippen LogP contribution is -2.36. The van der Waals surface area contributed by atoms with E-state index in [0.717, 1.165) is 19.3 Å². The Morgan fingerprint density at radius 2 is 2.06 bits per heavy atom. The maximum Gasteiger partial charge on any atom is 0.234 e. The fraction of sp³-hybridized carbons (Fsp3) is 0.500. The second-order valence-corrected chi connectivity index (χ2v) is 4.59. The van der Waals surface area contributed by atoms with Gasteiger partial charge in [-0.25, -0.2) is 0 Å². The average molecular weight is 232 g/mol. The van der Waals surface area contributed by atoms with Crippen molar-refractivity contribution in [2.45, 2.75) is 38.3 Å². The minimum absolute atomic E-state index is 0.113. The number of carbonyl (C=O) groups excluding carboxylic acids is 1.